The van der Waals surface area contributed by atoms with Crippen LogP contribution in [0, 0.1) is 12.8 Å². The number of carbonyl (C=O) groups is 2. The third kappa shape index (κ3) is 4.93. The molecule has 3 aromatic heterocycles. The van der Waals surface area contributed by atoms with Crippen LogP contribution in [0.25, 0.3) is 11.1 Å². The lowest BCUT2D eigenvalue weighted by Crippen LogP contribution is -2.35. The number of rotatable bonds is 5. The molecule has 2 amide bonds. The smallest absolute Gasteiger partial charge is 0.259 e. The number of nitrogens with one attached hydrogen (secondary N) is 1. The van der Waals surface area contributed by atoms with Crippen LogP contribution in [-0.2, 0) is 17.9 Å². The normalized spacial score (nSPS) is 19.2. The van der Waals surface area contributed by atoms with Gasteiger partial charge >= 0.3 is 0 Å². The standard InChI is InChI=1S/C25H26ClN5O4S/c1-13-7-16(17-8-22(26)28-10-20(17)35-2)18(9-27-13)23(33)30-25-29-19-11-31(12-21(19)36-25)24(34)14-3-5-15(32)6-4-14/h7-10,14-15,32H,3-6,11-12H2,1-2H3,(H,29,30,33). The average molecular weight is 528 g/mol. The van der Waals surface area contributed by atoms with Crippen molar-refractivity contribution >= 4 is 39.9 Å². The summed E-state index contributed by atoms with van der Waals surface area (Å²) < 4.78 is 5.44. The van der Waals surface area contributed by atoms with Crippen molar-refractivity contribution in [3.8, 4) is 16.9 Å². The molecule has 0 radical (unpaired) electrons. The van der Waals surface area contributed by atoms with Gasteiger partial charge in [0.25, 0.3) is 5.91 Å². The van der Waals surface area contributed by atoms with Crippen molar-refractivity contribution in [3.05, 3.63) is 51.5 Å². The second-order valence-electron chi connectivity index (χ2n) is 9.12. The second kappa shape index (κ2) is 10.1. The topological polar surface area (TPSA) is 118 Å². The number of pyridine rings is 2. The van der Waals surface area contributed by atoms with E-state index in [0.717, 1.165) is 29.1 Å². The number of aliphatic hydroxyl groups excluding tert-OH is 1. The number of thiazole rings is 1. The molecule has 3 aromatic rings. The Morgan fingerprint density at radius 1 is 1.14 bits per heavy atom. The van der Waals surface area contributed by atoms with Gasteiger partial charge in [-0.15, -0.1) is 0 Å². The zero-order valence-electron chi connectivity index (χ0n) is 20.0. The lowest BCUT2D eigenvalue weighted by molar-refractivity contribution is -0.137. The van der Waals surface area contributed by atoms with Gasteiger partial charge in [0.05, 0.1) is 48.6 Å². The number of halogens is 1. The number of carbonyl (C=O) groups excluding carboxylic acids is 2. The van der Waals surface area contributed by atoms with Crippen LogP contribution in [0.1, 0.15) is 52.3 Å². The van der Waals surface area contributed by atoms with Crippen LogP contribution in [0.3, 0.4) is 0 Å². The van der Waals surface area contributed by atoms with Crippen LogP contribution in [0.2, 0.25) is 5.15 Å². The molecule has 11 heteroatoms. The third-order valence-electron chi connectivity index (χ3n) is 6.66. The van der Waals surface area contributed by atoms with Crippen LogP contribution in [-0.4, -0.2) is 50.0 Å². The monoisotopic (exact) mass is 527 g/mol. The Morgan fingerprint density at radius 2 is 1.92 bits per heavy atom. The average Bonchev–Trinajstić information content (AvgIpc) is 3.42. The van der Waals surface area contributed by atoms with Crippen molar-refractivity contribution in [2.45, 2.75) is 51.8 Å². The lowest BCUT2D eigenvalue weighted by atomic mass is 9.86. The number of aliphatic hydroxyl groups is 1. The van der Waals surface area contributed by atoms with Gasteiger partial charge in [0.1, 0.15) is 10.9 Å². The molecular formula is C25H26ClN5O4S. The minimum atomic E-state index is -0.353. The fourth-order valence-corrected chi connectivity index (χ4v) is 5.89. The molecule has 1 aliphatic carbocycles. The summed E-state index contributed by atoms with van der Waals surface area (Å²) in [6.45, 7) is 2.77. The van der Waals surface area contributed by atoms with Gasteiger partial charge in [-0.25, -0.2) is 9.97 Å². The van der Waals surface area contributed by atoms with Crippen molar-refractivity contribution in [2.24, 2.45) is 5.92 Å². The Labute approximate surface area is 217 Å². The van der Waals surface area contributed by atoms with Crippen LogP contribution in [0.15, 0.2) is 24.5 Å². The van der Waals surface area contributed by atoms with Crippen molar-refractivity contribution in [1.82, 2.24) is 19.9 Å². The summed E-state index contributed by atoms with van der Waals surface area (Å²) in [4.78, 5) is 41.9. The molecule has 2 N–H and O–H groups in total. The highest BCUT2D eigenvalue weighted by atomic mass is 35.5. The molecule has 9 nitrogen and oxygen atoms in total. The van der Waals surface area contributed by atoms with Gasteiger partial charge in [0.15, 0.2) is 5.13 Å². The summed E-state index contributed by atoms with van der Waals surface area (Å²) in [5.41, 5.74) is 3.16. The molecular weight excluding hydrogens is 502 g/mol. The van der Waals surface area contributed by atoms with E-state index in [-0.39, 0.29) is 29.0 Å². The van der Waals surface area contributed by atoms with E-state index < -0.39 is 0 Å². The fourth-order valence-electron chi connectivity index (χ4n) is 4.75. The summed E-state index contributed by atoms with van der Waals surface area (Å²) >= 11 is 7.50. The molecule has 1 fully saturated rings. The van der Waals surface area contributed by atoms with Crippen LogP contribution in [0.4, 0.5) is 5.13 Å². The molecule has 0 spiro atoms. The number of hydrogen-bond acceptors (Lipinski definition) is 8. The molecule has 0 unspecified atom stereocenters. The zero-order chi connectivity index (χ0) is 25.4. The van der Waals surface area contributed by atoms with Crippen LogP contribution in [0.5, 0.6) is 5.75 Å². The maximum absolute atomic E-state index is 13.3. The Morgan fingerprint density at radius 3 is 2.64 bits per heavy atom. The first kappa shape index (κ1) is 24.6. The Hall–Kier alpha value is -3.08. The first-order chi connectivity index (χ1) is 17.3. The van der Waals surface area contributed by atoms with Gasteiger partial charge in [-0.2, -0.15) is 0 Å². The Kier molecular flexibility index (Phi) is 6.92. The van der Waals surface area contributed by atoms with Crippen molar-refractivity contribution in [1.29, 1.82) is 0 Å². The maximum atomic E-state index is 13.3. The molecule has 0 atom stereocenters. The minimum Gasteiger partial charge on any atom is -0.494 e. The van der Waals surface area contributed by atoms with E-state index in [0.29, 0.717) is 53.5 Å². The van der Waals surface area contributed by atoms with E-state index in [1.54, 1.807) is 12.1 Å². The molecule has 0 aromatic carbocycles. The van der Waals surface area contributed by atoms with E-state index in [1.807, 2.05) is 11.8 Å². The minimum absolute atomic E-state index is 0.0345. The number of aryl methyl sites for hydroxylation is 1. The number of methoxy groups -OCH3 is 1. The van der Waals surface area contributed by atoms with Crippen LogP contribution >= 0.6 is 22.9 Å². The summed E-state index contributed by atoms with van der Waals surface area (Å²) in [6.07, 6.45) is 5.54. The highest BCUT2D eigenvalue weighted by molar-refractivity contribution is 7.16. The fraction of sp³-hybridized carbons (Fsp3) is 0.400. The molecule has 2 aliphatic rings. The van der Waals surface area contributed by atoms with E-state index in [9.17, 15) is 14.7 Å². The predicted octanol–water partition coefficient (Wildman–Crippen LogP) is 4.22. The van der Waals surface area contributed by atoms with Gasteiger partial charge in [0, 0.05) is 28.9 Å². The SMILES string of the molecule is COc1cnc(Cl)cc1-c1cc(C)ncc1C(=O)Nc1nc2c(s1)CN(C(=O)C1CCC(O)CC1)C2. The number of fused-ring (bicyclic) bond motifs is 1. The van der Waals surface area contributed by atoms with E-state index >= 15 is 0 Å². The zero-order valence-corrected chi connectivity index (χ0v) is 21.5. The number of hydrogen-bond donors (Lipinski definition) is 2. The number of ether oxygens (including phenoxy) is 1. The first-order valence-electron chi connectivity index (χ1n) is 11.8. The molecule has 5 rings (SSSR count). The van der Waals surface area contributed by atoms with Gasteiger partial charge in [-0.3, -0.25) is 19.9 Å². The van der Waals surface area contributed by atoms with Crippen molar-refractivity contribution in [2.75, 3.05) is 12.4 Å². The molecule has 188 valence electrons. The van der Waals surface area contributed by atoms with E-state index in [4.69, 9.17) is 16.3 Å². The third-order valence-corrected chi connectivity index (χ3v) is 7.87. The van der Waals surface area contributed by atoms with Crippen LogP contribution < -0.4 is 10.1 Å². The van der Waals surface area contributed by atoms with E-state index in [2.05, 4.69) is 20.3 Å². The number of amides is 2. The van der Waals surface area contributed by atoms with Crippen molar-refractivity contribution < 1.29 is 19.4 Å². The first-order valence-corrected chi connectivity index (χ1v) is 12.9. The summed E-state index contributed by atoms with van der Waals surface area (Å²) in [5, 5.41) is 13.4. The van der Waals surface area contributed by atoms with Gasteiger partial charge < -0.3 is 14.7 Å². The maximum Gasteiger partial charge on any atom is 0.259 e. The highest BCUT2D eigenvalue weighted by Crippen LogP contribution is 2.36. The summed E-state index contributed by atoms with van der Waals surface area (Å²) in [6, 6.07) is 3.46. The molecule has 1 aliphatic heterocycles. The molecule has 1 saturated carbocycles. The van der Waals surface area contributed by atoms with Gasteiger partial charge in [0.2, 0.25) is 5.91 Å². The lowest BCUT2D eigenvalue weighted by Gasteiger charge is -2.28. The molecule has 4 heterocycles. The van der Waals surface area contributed by atoms with Gasteiger partial charge in [-0.1, -0.05) is 22.9 Å². The van der Waals surface area contributed by atoms with E-state index in [1.165, 1.54) is 30.8 Å². The Bertz CT molecular complexity index is 1300. The molecule has 0 bridgehead atoms. The highest BCUT2D eigenvalue weighted by Gasteiger charge is 2.33. The quantitative estimate of drug-likeness (QED) is 0.477. The van der Waals surface area contributed by atoms with Gasteiger partial charge in [-0.05, 0) is 44.7 Å². The number of anilines is 1. The largest absolute Gasteiger partial charge is 0.494 e. The molecule has 0 saturated heterocycles. The number of nitrogens with zero attached hydrogens (tertiary/aromatic N) is 4. The Balaban J connectivity index is 1.32. The number of aromatic nitrogens is 3. The predicted molar refractivity (Wildman–Crippen MR) is 136 cm³/mol. The molecule has 36 heavy (non-hydrogen) atoms. The van der Waals surface area contributed by atoms with Crippen molar-refractivity contribution in [3.63, 3.8) is 0 Å². The summed E-state index contributed by atoms with van der Waals surface area (Å²) in [7, 11) is 1.53. The summed E-state index contributed by atoms with van der Waals surface area (Å²) in [5.74, 6) is 0.226. The second-order valence-corrected chi connectivity index (χ2v) is 10.6.